The van der Waals surface area contributed by atoms with Gasteiger partial charge in [0.2, 0.25) is 0 Å². The Kier molecular flexibility index (Phi) is 5.65. The van der Waals surface area contributed by atoms with E-state index in [1.54, 1.807) is 4.90 Å². The molecule has 0 bridgehead atoms. The minimum atomic E-state index is -0.492. The van der Waals surface area contributed by atoms with Gasteiger partial charge in [0.1, 0.15) is 11.2 Å². The van der Waals surface area contributed by atoms with E-state index in [0.29, 0.717) is 19.5 Å². The van der Waals surface area contributed by atoms with Gasteiger partial charge in [0.25, 0.3) is 0 Å². The van der Waals surface area contributed by atoms with Gasteiger partial charge in [-0.2, -0.15) is 0 Å². The zero-order valence-electron chi connectivity index (χ0n) is 14.2. The molecule has 0 aromatic rings. The predicted octanol–water partition coefficient (Wildman–Crippen LogP) is 3.37. The molecule has 0 saturated carbocycles. The van der Waals surface area contributed by atoms with E-state index >= 15 is 0 Å². The zero-order chi connectivity index (χ0) is 16.3. The third-order valence-electron chi connectivity index (χ3n) is 3.12. The van der Waals surface area contributed by atoms with Crippen LogP contribution in [0.4, 0.5) is 4.79 Å². The van der Waals surface area contributed by atoms with E-state index in [1.807, 2.05) is 41.5 Å². The van der Waals surface area contributed by atoms with E-state index in [9.17, 15) is 9.59 Å². The molecule has 1 rings (SSSR count). The van der Waals surface area contributed by atoms with Crippen molar-refractivity contribution in [1.82, 2.24) is 4.90 Å². The molecule has 0 N–H and O–H groups in total. The SMILES string of the molecule is CC(C)(C)OC(=O)C1CCCN(C(=O)OC(C)(C)C)CC1. The van der Waals surface area contributed by atoms with Crippen molar-refractivity contribution in [3.8, 4) is 0 Å². The summed E-state index contributed by atoms with van der Waals surface area (Å²) in [4.78, 5) is 25.9. The lowest BCUT2D eigenvalue weighted by Gasteiger charge is -2.26. The van der Waals surface area contributed by atoms with Crippen molar-refractivity contribution in [2.45, 2.75) is 72.0 Å². The molecule has 0 aliphatic carbocycles. The van der Waals surface area contributed by atoms with Gasteiger partial charge in [0, 0.05) is 13.1 Å². The number of hydrogen-bond acceptors (Lipinski definition) is 4. The number of hydrogen-bond donors (Lipinski definition) is 0. The van der Waals surface area contributed by atoms with Gasteiger partial charge in [-0.3, -0.25) is 4.79 Å². The molecular weight excluding hydrogens is 270 g/mol. The van der Waals surface area contributed by atoms with Crippen molar-refractivity contribution < 1.29 is 19.1 Å². The number of carbonyl (C=O) groups excluding carboxylic acids is 2. The lowest BCUT2D eigenvalue weighted by atomic mass is 10.0. The second kappa shape index (κ2) is 6.67. The van der Waals surface area contributed by atoms with Crippen LogP contribution in [0.3, 0.4) is 0 Å². The smallest absolute Gasteiger partial charge is 0.410 e. The molecule has 21 heavy (non-hydrogen) atoms. The predicted molar refractivity (Wildman–Crippen MR) is 81.0 cm³/mol. The Balaban J connectivity index is 2.54. The van der Waals surface area contributed by atoms with Crippen LogP contribution in [0.15, 0.2) is 0 Å². The first kappa shape index (κ1) is 17.8. The standard InChI is InChI=1S/C16H29NO4/c1-15(2,3)20-13(18)12-8-7-10-17(11-9-12)14(19)21-16(4,5)6/h12H,7-11H2,1-6H3. The molecule has 5 heteroatoms. The largest absolute Gasteiger partial charge is 0.460 e. The molecule has 0 radical (unpaired) electrons. The highest BCUT2D eigenvalue weighted by Crippen LogP contribution is 2.22. The van der Waals surface area contributed by atoms with E-state index in [1.165, 1.54) is 0 Å². The van der Waals surface area contributed by atoms with Gasteiger partial charge in [0.05, 0.1) is 5.92 Å². The lowest BCUT2D eigenvalue weighted by Crippen LogP contribution is -2.37. The van der Waals surface area contributed by atoms with Gasteiger partial charge in [-0.1, -0.05) is 0 Å². The summed E-state index contributed by atoms with van der Waals surface area (Å²) in [6, 6.07) is 0. The topological polar surface area (TPSA) is 55.8 Å². The summed E-state index contributed by atoms with van der Waals surface area (Å²) in [7, 11) is 0. The van der Waals surface area contributed by atoms with E-state index in [2.05, 4.69) is 0 Å². The van der Waals surface area contributed by atoms with E-state index < -0.39 is 11.2 Å². The van der Waals surface area contributed by atoms with Crippen molar-refractivity contribution in [2.24, 2.45) is 5.92 Å². The second-order valence-corrected chi connectivity index (χ2v) is 7.63. The van der Waals surface area contributed by atoms with Gasteiger partial charge in [-0.05, 0) is 60.8 Å². The first-order valence-corrected chi connectivity index (χ1v) is 7.69. The van der Waals surface area contributed by atoms with Crippen LogP contribution in [0.1, 0.15) is 60.8 Å². The fraction of sp³-hybridized carbons (Fsp3) is 0.875. The number of rotatable bonds is 1. The van der Waals surface area contributed by atoms with Crippen LogP contribution in [0.2, 0.25) is 0 Å². The fourth-order valence-electron chi connectivity index (χ4n) is 2.23. The summed E-state index contributed by atoms with van der Waals surface area (Å²) in [6.07, 6.45) is 1.89. The molecule has 122 valence electrons. The quantitative estimate of drug-likeness (QED) is 0.697. The monoisotopic (exact) mass is 299 g/mol. The van der Waals surface area contributed by atoms with E-state index in [4.69, 9.17) is 9.47 Å². The van der Waals surface area contributed by atoms with Crippen LogP contribution in [-0.4, -0.2) is 41.3 Å². The maximum Gasteiger partial charge on any atom is 0.410 e. The Morgan fingerprint density at radius 2 is 1.48 bits per heavy atom. The number of ether oxygens (including phenoxy) is 2. The Morgan fingerprint density at radius 1 is 0.905 bits per heavy atom. The molecule has 1 fully saturated rings. The van der Waals surface area contributed by atoms with Gasteiger partial charge in [-0.15, -0.1) is 0 Å². The summed E-state index contributed by atoms with van der Waals surface area (Å²) < 4.78 is 10.8. The molecule has 5 nitrogen and oxygen atoms in total. The number of nitrogens with zero attached hydrogens (tertiary/aromatic N) is 1. The summed E-state index contributed by atoms with van der Waals surface area (Å²) in [5.41, 5.74) is -0.956. The molecule has 0 spiro atoms. The molecule has 1 aliphatic heterocycles. The summed E-state index contributed by atoms with van der Waals surface area (Å²) in [6.45, 7) is 12.3. The molecule has 1 aliphatic rings. The fourth-order valence-corrected chi connectivity index (χ4v) is 2.23. The second-order valence-electron chi connectivity index (χ2n) is 7.63. The van der Waals surface area contributed by atoms with Gasteiger partial charge < -0.3 is 14.4 Å². The first-order valence-electron chi connectivity index (χ1n) is 7.69. The Labute approximate surface area is 128 Å². The van der Waals surface area contributed by atoms with Crippen molar-refractivity contribution in [2.75, 3.05) is 13.1 Å². The number of likely N-dealkylation sites (tertiary alicyclic amines) is 1. The van der Waals surface area contributed by atoms with Crippen LogP contribution in [0.5, 0.6) is 0 Å². The lowest BCUT2D eigenvalue weighted by molar-refractivity contribution is -0.160. The van der Waals surface area contributed by atoms with Gasteiger partial charge >= 0.3 is 12.1 Å². The van der Waals surface area contributed by atoms with Crippen molar-refractivity contribution in [1.29, 1.82) is 0 Å². The first-order chi connectivity index (χ1) is 9.48. The molecular formula is C16H29NO4. The maximum absolute atomic E-state index is 12.1. The van der Waals surface area contributed by atoms with Crippen LogP contribution < -0.4 is 0 Å². The highest BCUT2D eigenvalue weighted by Gasteiger charge is 2.30. The van der Waals surface area contributed by atoms with Crippen LogP contribution >= 0.6 is 0 Å². The average Bonchev–Trinajstić information content (AvgIpc) is 2.49. The number of esters is 1. The highest BCUT2D eigenvalue weighted by atomic mass is 16.6. The summed E-state index contributed by atoms with van der Waals surface area (Å²) >= 11 is 0. The van der Waals surface area contributed by atoms with E-state index in [0.717, 1.165) is 12.8 Å². The molecule has 0 aromatic carbocycles. The number of carbonyl (C=O) groups is 2. The molecule has 0 aromatic heterocycles. The van der Waals surface area contributed by atoms with Crippen LogP contribution in [0.25, 0.3) is 0 Å². The van der Waals surface area contributed by atoms with Crippen molar-refractivity contribution in [3.05, 3.63) is 0 Å². The highest BCUT2D eigenvalue weighted by molar-refractivity contribution is 5.73. The third kappa shape index (κ3) is 6.82. The van der Waals surface area contributed by atoms with Crippen molar-refractivity contribution >= 4 is 12.1 Å². The van der Waals surface area contributed by atoms with Gasteiger partial charge in [0.15, 0.2) is 0 Å². The van der Waals surface area contributed by atoms with Crippen molar-refractivity contribution in [3.63, 3.8) is 0 Å². The number of amides is 1. The molecule has 1 saturated heterocycles. The Morgan fingerprint density at radius 3 is 2.00 bits per heavy atom. The van der Waals surface area contributed by atoms with Gasteiger partial charge in [-0.25, -0.2) is 4.79 Å². The molecule has 1 unspecified atom stereocenters. The Bertz CT molecular complexity index is 343. The Hall–Kier alpha value is -1.26. The van der Waals surface area contributed by atoms with Crippen LogP contribution in [0, 0.1) is 5.92 Å². The molecule has 1 amide bonds. The minimum absolute atomic E-state index is 0.128. The van der Waals surface area contributed by atoms with E-state index in [-0.39, 0.29) is 18.0 Å². The molecule has 1 heterocycles. The zero-order valence-corrected chi connectivity index (χ0v) is 14.2. The maximum atomic E-state index is 12.1. The average molecular weight is 299 g/mol. The minimum Gasteiger partial charge on any atom is -0.460 e. The van der Waals surface area contributed by atoms with Crippen LogP contribution in [-0.2, 0) is 14.3 Å². The summed E-state index contributed by atoms with van der Waals surface area (Å²) in [5, 5.41) is 0. The third-order valence-corrected chi connectivity index (χ3v) is 3.12. The normalized spacial score (nSPS) is 20.7. The molecule has 1 atom stereocenters. The summed E-state index contributed by atoms with van der Waals surface area (Å²) in [5.74, 6) is -0.287.